The quantitative estimate of drug-likeness (QED) is 0.607. The molecule has 16 heavy (non-hydrogen) atoms. The molecule has 2 rings (SSSR count). The van der Waals surface area contributed by atoms with Gasteiger partial charge in [-0.1, -0.05) is 6.07 Å². The molecule has 0 spiro atoms. The monoisotopic (exact) mass is 250 g/mol. The molecule has 0 N–H and O–H groups in total. The van der Waals surface area contributed by atoms with Crippen molar-refractivity contribution in [3.8, 4) is 0 Å². The number of aryl methyl sites for hydroxylation is 2. The van der Waals surface area contributed by atoms with Gasteiger partial charge in [-0.25, -0.2) is 9.97 Å². The maximum Gasteiger partial charge on any atom is 0.237 e. The van der Waals surface area contributed by atoms with Crippen LogP contribution < -0.4 is 0 Å². The Morgan fingerprint density at radius 3 is 2.56 bits per heavy atom. The van der Waals surface area contributed by atoms with Crippen molar-refractivity contribution in [1.29, 1.82) is 0 Å². The zero-order valence-electron chi connectivity index (χ0n) is 8.93. The standard InChI is InChI=1S/C11H10N2OS2/c1-7-6-8(2)13-11(12-7)16-10(14)9-4-3-5-15-9/h3-6H,1-2H3. The SMILES string of the molecule is Cc1cc(C)nc(SC(=O)c2cccs2)n1. The fourth-order valence-corrected chi connectivity index (χ4v) is 2.81. The molecule has 3 nitrogen and oxygen atoms in total. The van der Waals surface area contributed by atoms with E-state index in [1.54, 1.807) is 0 Å². The number of carbonyl (C=O) groups is 1. The molecule has 0 aromatic carbocycles. The molecule has 0 aliphatic heterocycles. The van der Waals surface area contributed by atoms with E-state index in [9.17, 15) is 4.79 Å². The smallest absolute Gasteiger partial charge is 0.237 e. The Hall–Kier alpha value is -1.20. The first-order valence-electron chi connectivity index (χ1n) is 4.73. The Labute approximate surface area is 102 Å². The molecule has 82 valence electrons. The molecule has 0 saturated heterocycles. The van der Waals surface area contributed by atoms with Gasteiger partial charge in [0.1, 0.15) is 0 Å². The lowest BCUT2D eigenvalue weighted by Gasteiger charge is -2.00. The van der Waals surface area contributed by atoms with E-state index in [0.717, 1.165) is 28.0 Å². The summed E-state index contributed by atoms with van der Waals surface area (Å²) in [6.45, 7) is 3.79. The molecule has 0 amide bonds. The third kappa shape index (κ3) is 2.68. The number of aromatic nitrogens is 2. The Bertz CT molecular complexity index is 488. The Kier molecular flexibility index (Phi) is 3.36. The van der Waals surface area contributed by atoms with Gasteiger partial charge < -0.3 is 0 Å². The minimum atomic E-state index is 0.000000000000000444. The van der Waals surface area contributed by atoms with Gasteiger partial charge in [0, 0.05) is 11.4 Å². The molecular formula is C11H10N2OS2. The highest BCUT2D eigenvalue weighted by Crippen LogP contribution is 2.22. The Balaban J connectivity index is 2.18. The van der Waals surface area contributed by atoms with E-state index in [2.05, 4.69) is 9.97 Å². The molecule has 5 heteroatoms. The van der Waals surface area contributed by atoms with Crippen molar-refractivity contribution in [3.63, 3.8) is 0 Å². The average molecular weight is 250 g/mol. The second-order valence-electron chi connectivity index (χ2n) is 3.30. The zero-order chi connectivity index (χ0) is 11.5. The van der Waals surface area contributed by atoms with Crippen LogP contribution in [0.4, 0.5) is 0 Å². The molecular weight excluding hydrogens is 240 g/mol. The van der Waals surface area contributed by atoms with Gasteiger partial charge in [0.15, 0.2) is 5.16 Å². The highest BCUT2D eigenvalue weighted by molar-refractivity contribution is 8.14. The summed E-state index contributed by atoms with van der Waals surface area (Å²) in [6.07, 6.45) is 0. The lowest BCUT2D eigenvalue weighted by molar-refractivity contribution is 0.109. The summed E-state index contributed by atoms with van der Waals surface area (Å²) in [6, 6.07) is 5.56. The zero-order valence-corrected chi connectivity index (χ0v) is 10.6. The van der Waals surface area contributed by atoms with Gasteiger partial charge >= 0.3 is 0 Å². The molecule has 0 unspecified atom stereocenters. The summed E-state index contributed by atoms with van der Waals surface area (Å²) in [5.74, 6) is 0. The topological polar surface area (TPSA) is 42.9 Å². The molecule has 2 aromatic heterocycles. The molecule has 0 fully saturated rings. The summed E-state index contributed by atoms with van der Waals surface area (Å²) < 4.78 is 0. The summed E-state index contributed by atoms with van der Waals surface area (Å²) in [5.41, 5.74) is 1.77. The van der Waals surface area contributed by atoms with Crippen molar-refractivity contribution in [2.75, 3.05) is 0 Å². The fourth-order valence-electron chi connectivity index (χ4n) is 1.27. The first-order chi connectivity index (χ1) is 7.65. The summed E-state index contributed by atoms with van der Waals surface area (Å²) in [4.78, 5) is 21.0. The molecule has 0 saturated carbocycles. The molecule has 0 bridgehead atoms. The Morgan fingerprint density at radius 2 is 2.00 bits per heavy atom. The maximum atomic E-state index is 11.8. The highest BCUT2D eigenvalue weighted by Gasteiger charge is 2.11. The predicted molar refractivity (Wildman–Crippen MR) is 66.0 cm³/mol. The molecule has 0 atom stereocenters. The van der Waals surface area contributed by atoms with Gasteiger partial charge in [-0.2, -0.15) is 0 Å². The number of nitrogens with zero attached hydrogens (tertiary/aromatic N) is 2. The summed E-state index contributed by atoms with van der Waals surface area (Å²) in [7, 11) is 0. The van der Waals surface area contributed by atoms with Crippen LogP contribution in [-0.2, 0) is 0 Å². The van der Waals surface area contributed by atoms with Crippen LogP contribution in [0, 0.1) is 13.8 Å². The van der Waals surface area contributed by atoms with Crippen molar-refractivity contribution in [2.24, 2.45) is 0 Å². The van der Waals surface area contributed by atoms with Crippen LogP contribution >= 0.6 is 23.1 Å². The summed E-state index contributed by atoms with van der Waals surface area (Å²) in [5, 5.41) is 2.41. The van der Waals surface area contributed by atoms with Crippen LogP contribution in [0.25, 0.3) is 0 Å². The highest BCUT2D eigenvalue weighted by atomic mass is 32.2. The first kappa shape index (κ1) is 11.3. The third-order valence-electron chi connectivity index (χ3n) is 1.87. The largest absolute Gasteiger partial charge is 0.280 e. The van der Waals surface area contributed by atoms with Gasteiger partial charge in [0.2, 0.25) is 5.12 Å². The van der Waals surface area contributed by atoms with E-state index in [1.165, 1.54) is 11.3 Å². The average Bonchev–Trinajstić information content (AvgIpc) is 2.68. The third-order valence-corrected chi connectivity index (χ3v) is 3.64. The van der Waals surface area contributed by atoms with Crippen molar-refractivity contribution in [1.82, 2.24) is 9.97 Å². The van der Waals surface area contributed by atoms with E-state index < -0.39 is 0 Å². The van der Waals surface area contributed by atoms with Gasteiger partial charge in [-0.3, -0.25) is 4.79 Å². The maximum absolute atomic E-state index is 11.8. The molecule has 2 heterocycles. The second-order valence-corrected chi connectivity index (χ2v) is 5.19. The number of hydrogen-bond acceptors (Lipinski definition) is 5. The van der Waals surface area contributed by atoms with Crippen molar-refractivity contribution in [3.05, 3.63) is 39.8 Å². The van der Waals surface area contributed by atoms with E-state index in [-0.39, 0.29) is 5.12 Å². The van der Waals surface area contributed by atoms with Gasteiger partial charge in [0.05, 0.1) is 4.88 Å². The van der Waals surface area contributed by atoms with Crippen molar-refractivity contribution >= 4 is 28.2 Å². The van der Waals surface area contributed by atoms with Crippen LogP contribution in [0.2, 0.25) is 0 Å². The number of carbonyl (C=O) groups excluding carboxylic acids is 1. The first-order valence-corrected chi connectivity index (χ1v) is 6.43. The van der Waals surface area contributed by atoms with Crippen molar-refractivity contribution < 1.29 is 4.79 Å². The van der Waals surface area contributed by atoms with Crippen molar-refractivity contribution in [2.45, 2.75) is 19.0 Å². The van der Waals surface area contributed by atoms with Gasteiger partial charge in [0.25, 0.3) is 0 Å². The van der Waals surface area contributed by atoms with E-state index >= 15 is 0 Å². The van der Waals surface area contributed by atoms with E-state index in [4.69, 9.17) is 0 Å². The molecule has 0 aliphatic rings. The molecule has 0 radical (unpaired) electrons. The lowest BCUT2D eigenvalue weighted by Crippen LogP contribution is -1.96. The molecule has 0 aliphatic carbocycles. The van der Waals surface area contributed by atoms with E-state index in [1.807, 2.05) is 37.4 Å². The number of thiophene rings is 1. The predicted octanol–water partition coefficient (Wildman–Crippen LogP) is 3.09. The minimum Gasteiger partial charge on any atom is -0.280 e. The van der Waals surface area contributed by atoms with Crippen LogP contribution in [0.5, 0.6) is 0 Å². The second kappa shape index (κ2) is 4.76. The van der Waals surface area contributed by atoms with Crippen LogP contribution in [-0.4, -0.2) is 15.1 Å². The fraction of sp³-hybridized carbons (Fsp3) is 0.182. The Morgan fingerprint density at radius 1 is 1.31 bits per heavy atom. The van der Waals surface area contributed by atoms with Gasteiger partial charge in [-0.15, -0.1) is 11.3 Å². The van der Waals surface area contributed by atoms with Crippen LogP contribution in [0.15, 0.2) is 28.7 Å². The lowest BCUT2D eigenvalue weighted by atomic mass is 10.4. The number of hydrogen-bond donors (Lipinski definition) is 0. The number of rotatable bonds is 2. The minimum absolute atomic E-state index is 0.000000000000000444. The number of thioether (sulfide) groups is 1. The van der Waals surface area contributed by atoms with Gasteiger partial charge in [-0.05, 0) is 43.1 Å². The normalized spacial score (nSPS) is 10.4. The van der Waals surface area contributed by atoms with E-state index in [0.29, 0.717) is 5.16 Å². The summed E-state index contributed by atoms with van der Waals surface area (Å²) >= 11 is 2.51. The van der Waals surface area contributed by atoms with Crippen LogP contribution in [0.3, 0.4) is 0 Å². The van der Waals surface area contributed by atoms with Crippen LogP contribution in [0.1, 0.15) is 21.1 Å². The molecule has 2 aromatic rings.